The van der Waals surface area contributed by atoms with Gasteiger partial charge in [0.25, 0.3) is 11.8 Å². The van der Waals surface area contributed by atoms with Crippen LogP contribution in [0, 0.1) is 11.8 Å². The van der Waals surface area contributed by atoms with Gasteiger partial charge in [0.1, 0.15) is 35.5 Å². The quantitative estimate of drug-likeness (QED) is 0.533. The lowest BCUT2D eigenvalue weighted by Gasteiger charge is -2.30. The van der Waals surface area contributed by atoms with E-state index in [0.29, 0.717) is 22.9 Å². The molecule has 2 N–H and O–H groups in total. The molecule has 0 bridgehead atoms. The molecule has 10 nitrogen and oxygen atoms in total. The number of ether oxygens (including phenoxy) is 3. The number of hydrogen-bond acceptors (Lipinski definition) is 8. The Morgan fingerprint density at radius 1 is 1.19 bits per heavy atom. The monoisotopic (exact) mass is 486 g/mol. The van der Waals surface area contributed by atoms with Crippen LogP contribution >= 0.6 is 0 Å². The number of amides is 2. The molecule has 2 aliphatic heterocycles. The summed E-state index contributed by atoms with van der Waals surface area (Å²) in [5, 5.41) is 12.8. The SMILES string of the molecule is CN1C(=O)[C@@H](NC(=O)c2cc(Oc3ccccc3)ccn2)COc2ccc(C#CC3(O)COC3)nc21. The molecular formula is C26H22N4O6. The molecule has 0 saturated carbocycles. The third kappa shape index (κ3) is 4.98. The van der Waals surface area contributed by atoms with Crippen LogP contribution in [0.1, 0.15) is 16.2 Å². The molecule has 36 heavy (non-hydrogen) atoms. The van der Waals surface area contributed by atoms with Gasteiger partial charge in [0, 0.05) is 19.3 Å². The largest absolute Gasteiger partial charge is 0.487 e. The number of likely N-dealkylation sites (N-methyl/N-ethyl adjacent to an activating group) is 1. The molecule has 0 spiro atoms. The predicted molar refractivity (Wildman–Crippen MR) is 128 cm³/mol. The second-order valence-corrected chi connectivity index (χ2v) is 8.32. The molecular weight excluding hydrogens is 464 g/mol. The number of aliphatic hydroxyl groups is 1. The Labute approximate surface area is 206 Å². The Balaban J connectivity index is 1.29. The van der Waals surface area contributed by atoms with Crippen molar-refractivity contribution in [3.63, 3.8) is 0 Å². The summed E-state index contributed by atoms with van der Waals surface area (Å²) in [6, 6.07) is 14.6. The third-order valence-corrected chi connectivity index (χ3v) is 5.54. The lowest BCUT2D eigenvalue weighted by molar-refractivity contribution is -0.140. The molecule has 1 atom stereocenters. The number of hydrogen-bond donors (Lipinski definition) is 2. The first-order valence-electron chi connectivity index (χ1n) is 11.1. The molecule has 0 radical (unpaired) electrons. The molecule has 5 rings (SSSR count). The van der Waals surface area contributed by atoms with Gasteiger partial charge in [0.15, 0.2) is 17.2 Å². The number of aromatic nitrogens is 2. The maximum absolute atomic E-state index is 13.1. The Kier molecular flexibility index (Phi) is 6.25. The van der Waals surface area contributed by atoms with Gasteiger partial charge >= 0.3 is 0 Å². The Morgan fingerprint density at radius 2 is 2.00 bits per heavy atom. The molecule has 2 aliphatic rings. The van der Waals surface area contributed by atoms with Crippen molar-refractivity contribution in [2.45, 2.75) is 11.6 Å². The van der Waals surface area contributed by atoms with Crippen molar-refractivity contribution < 1.29 is 28.9 Å². The van der Waals surface area contributed by atoms with Crippen LogP contribution in [-0.4, -0.2) is 65.4 Å². The Morgan fingerprint density at radius 3 is 2.75 bits per heavy atom. The highest BCUT2D eigenvalue weighted by Gasteiger charge is 2.34. The van der Waals surface area contributed by atoms with E-state index in [0.717, 1.165) is 0 Å². The van der Waals surface area contributed by atoms with Crippen LogP contribution in [0.25, 0.3) is 0 Å². The van der Waals surface area contributed by atoms with E-state index in [1.54, 1.807) is 37.4 Å². The normalized spacial score (nSPS) is 17.9. The molecule has 0 aliphatic carbocycles. The number of nitrogens with zero attached hydrogens (tertiary/aromatic N) is 3. The molecule has 1 saturated heterocycles. The summed E-state index contributed by atoms with van der Waals surface area (Å²) in [6.07, 6.45) is 1.46. The van der Waals surface area contributed by atoms with Crippen molar-refractivity contribution in [3.05, 3.63) is 72.2 Å². The van der Waals surface area contributed by atoms with E-state index in [1.807, 2.05) is 18.2 Å². The van der Waals surface area contributed by atoms with Crippen molar-refractivity contribution in [1.82, 2.24) is 15.3 Å². The molecule has 10 heteroatoms. The number of carbonyl (C=O) groups is 2. The predicted octanol–water partition coefficient (Wildman–Crippen LogP) is 1.54. The van der Waals surface area contributed by atoms with Gasteiger partial charge < -0.3 is 24.6 Å². The van der Waals surface area contributed by atoms with Crippen LogP contribution < -0.4 is 19.7 Å². The molecule has 182 valence electrons. The standard InChI is InChI=1S/C26H22N4O6/c1-30-23-22(8-7-17(28-23)9-11-26(33)15-34-16-26)35-14-21(25(30)32)29-24(31)20-13-19(10-12-27-20)36-18-5-3-2-4-6-18/h2-8,10,12-13,21,33H,14-16H2,1H3,(H,29,31)/t21-/m0/s1. The van der Waals surface area contributed by atoms with Crippen LogP contribution in [0.5, 0.6) is 17.2 Å². The number of nitrogens with one attached hydrogen (secondary N) is 1. The molecule has 2 aromatic heterocycles. The summed E-state index contributed by atoms with van der Waals surface area (Å²) >= 11 is 0. The number of fused-ring (bicyclic) bond motifs is 1. The van der Waals surface area contributed by atoms with Crippen LogP contribution in [0.2, 0.25) is 0 Å². The average molecular weight is 486 g/mol. The first-order chi connectivity index (χ1) is 17.4. The van der Waals surface area contributed by atoms with Gasteiger partial charge in [0.2, 0.25) is 0 Å². The molecule has 3 aromatic rings. The van der Waals surface area contributed by atoms with Crippen molar-refractivity contribution in [2.75, 3.05) is 31.8 Å². The Hall–Kier alpha value is -4.46. The first-order valence-corrected chi connectivity index (χ1v) is 11.1. The maximum atomic E-state index is 13.1. The highest BCUT2D eigenvalue weighted by Crippen LogP contribution is 2.29. The van der Waals surface area contributed by atoms with Gasteiger partial charge in [-0.25, -0.2) is 4.98 Å². The van der Waals surface area contributed by atoms with E-state index >= 15 is 0 Å². The summed E-state index contributed by atoms with van der Waals surface area (Å²) in [6.45, 7) is 0.194. The van der Waals surface area contributed by atoms with Crippen LogP contribution in [0.4, 0.5) is 5.82 Å². The lowest BCUT2D eigenvalue weighted by atomic mass is 10.0. The van der Waals surface area contributed by atoms with E-state index in [4.69, 9.17) is 14.2 Å². The van der Waals surface area contributed by atoms with E-state index in [9.17, 15) is 14.7 Å². The van der Waals surface area contributed by atoms with Gasteiger partial charge in [-0.3, -0.25) is 19.5 Å². The zero-order valence-corrected chi connectivity index (χ0v) is 19.3. The van der Waals surface area contributed by atoms with Gasteiger partial charge in [-0.05, 0) is 36.3 Å². The molecule has 1 fully saturated rings. The smallest absolute Gasteiger partial charge is 0.270 e. The number of anilines is 1. The fraction of sp³-hybridized carbons (Fsp3) is 0.231. The van der Waals surface area contributed by atoms with Gasteiger partial charge in [-0.15, -0.1) is 0 Å². The highest BCUT2D eigenvalue weighted by atomic mass is 16.5. The second-order valence-electron chi connectivity index (χ2n) is 8.32. The molecule has 2 amide bonds. The van der Waals surface area contributed by atoms with E-state index in [1.165, 1.54) is 17.2 Å². The second kappa shape index (κ2) is 9.65. The van der Waals surface area contributed by atoms with Crippen LogP contribution in [-0.2, 0) is 9.53 Å². The fourth-order valence-corrected chi connectivity index (χ4v) is 3.55. The minimum atomic E-state index is -1.18. The summed E-state index contributed by atoms with van der Waals surface area (Å²) in [7, 11) is 1.54. The van der Waals surface area contributed by atoms with Crippen LogP contribution in [0.15, 0.2) is 60.8 Å². The zero-order valence-electron chi connectivity index (χ0n) is 19.3. The van der Waals surface area contributed by atoms with Gasteiger partial charge in [-0.2, -0.15) is 0 Å². The minimum absolute atomic E-state index is 0.0914. The van der Waals surface area contributed by atoms with Crippen molar-refractivity contribution in [3.8, 4) is 29.1 Å². The summed E-state index contributed by atoms with van der Waals surface area (Å²) in [5.41, 5.74) is -0.729. The van der Waals surface area contributed by atoms with Crippen molar-refractivity contribution >= 4 is 17.6 Å². The van der Waals surface area contributed by atoms with Crippen molar-refractivity contribution in [2.24, 2.45) is 0 Å². The number of pyridine rings is 2. The number of para-hydroxylation sites is 1. The van der Waals surface area contributed by atoms with Gasteiger partial charge in [0.05, 0.1) is 13.2 Å². The third-order valence-electron chi connectivity index (χ3n) is 5.54. The molecule has 0 unspecified atom stereocenters. The highest BCUT2D eigenvalue weighted by molar-refractivity contribution is 6.02. The minimum Gasteiger partial charge on any atom is -0.487 e. The van der Waals surface area contributed by atoms with E-state index in [2.05, 4.69) is 27.1 Å². The topological polar surface area (TPSA) is 123 Å². The summed E-state index contributed by atoms with van der Waals surface area (Å²) < 4.78 is 16.5. The number of benzene rings is 1. The van der Waals surface area contributed by atoms with E-state index < -0.39 is 23.5 Å². The fourth-order valence-electron chi connectivity index (χ4n) is 3.55. The van der Waals surface area contributed by atoms with Crippen LogP contribution in [0.3, 0.4) is 0 Å². The number of carbonyl (C=O) groups excluding carboxylic acids is 2. The summed E-state index contributed by atoms with van der Waals surface area (Å²) in [4.78, 5) is 35.8. The molecule has 1 aromatic carbocycles. The molecule has 4 heterocycles. The Bertz CT molecular complexity index is 1360. The number of rotatable bonds is 4. The maximum Gasteiger partial charge on any atom is 0.270 e. The lowest BCUT2D eigenvalue weighted by Crippen LogP contribution is -2.49. The van der Waals surface area contributed by atoms with Gasteiger partial charge in [-0.1, -0.05) is 24.1 Å². The van der Waals surface area contributed by atoms with E-state index in [-0.39, 0.29) is 31.3 Å². The van der Waals surface area contributed by atoms with Crippen molar-refractivity contribution in [1.29, 1.82) is 0 Å². The first kappa shape index (κ1) is 23.3. The zero-order chi connectivity index (χ0) is 25.1. The summed E-state index contributed by atoms with van der Waals surface area (Å²) in [5.74, 6) is 6.26. The average Bonchev–Trinajstić information content (AvgIpc) is 2.99.